The quantitative estimate of drug-likeness (QED) is 0.809. The van der Waals surface area contributed by atoms with Crippen molar-refractivity contribution in [3.63, 3.8) is 0 Å². The van der Waals surface area contributed by atoms with Crippen LogP contribution in [0.5, 0.6) is 0 Å². The molecule has 0 aliphatic heterocycles. The first-order chi connectivity index (χ1) is 9.62. The van der Waals surface area contributed by atoms with E-state index >= 15 is 0 Å². The zero-order valence-electron chi connectivity index (χ0n) is 13.2. The van der Waals surface area contributed by atoms with Crippen LogP contribution in [0.25, 0.3) is 0 Å². The normalized spacial score (nSPS) is 15.3. The lowest BCUT2D eigenvalue weighted by Crippen LogP contribution is -2.42. The van der Waals surface area contributed by atoms with Crippen LogP contribution in [-0.2, 0) is 11.4 Å². The number of benzene rings is 1. The molecule has 0 bridgehead atoms. The van der Waals surface area contributed by atoms with Crippen LogP contribution in [0.1, 0.15) is 38.8 Å². The predicted molar refractivity (Wildman–Crippen MR) is 88.4 cm³/mol. The van der Waals surface area contributed by atoms with Crippen LogP contribution < -0.4 is 4.72 Å². The van der Waals surface area contributed by atoms with Crippen LogP contribution in [0.4, 0.5) is 4.39 Å². The summed E-state index contributed by atoms with van der Waals surface area (Å²) in [5.74, 6) is -0.443. The standard InChI is InChI=1S/C15H24ClFN2OS/c1-15(2,3)21(20)18-13(9-10-19(4)5)11-7-6-8-12(16)14(11)17/h6-8,13,18H,9-10H2,1-5H3/t13-,21?/m1/s1. The van der Waals surface area contributed by atoms with Crippen molar-refractivity contribution >= 4 is 23.0 Å². The van der Waals surface area contributed by atoms with Gasteiger partial charge in [-0.25, -0.2) is 4.39 Å². The van der Waals surface area contributed by atoms with Gasteiger partial charge >= 0.3 is 0 Å². The van der Waals surface area contributed by atoms with Crippen molar-refractivity contribution in [1.29, 1.82) is 0 Å². The zero-order valence-corrected chi connectivity index (χ0v) is 14.8. The van der Waals surface area contributed by atoms with Gasteiger partial charge in [-0.3, -0.25) is 0 Å². The first kappa shape index (κ1) is 18.7. The molecule has 1 aromatic rings. The Hall–Kier alpha value is -0.330. The average molecular weight is 335 g/mol. The maximum Gasteiger partial charge on any atom is 0.146 e. The number of rotatable bonds is 6. The smallest absolute Gasteiger partial charge is 0.146 e. The molecule has 0 spiro atoms. The van der Waals surface area contributed by atoms with Gasteiger partial charge in [0.15, 0.2) is 0 Å². The number of hydrogen-bond donors (Lipinski definition) is 1. The Bertz CT molecular complexity index is 465. The van der Waals surface area contributed by atoms with E-state index in [9.17, 15) is 8.94 Å². The minimum Gasteiger partial charge on any atom is -0.598 e. The number of halogens is 2. The van der Waals surface area contributed by atoms with E-state index in [2.05, 4.69) is 4.72 Å². The summed E-state index contributed by atoms with van der Waals surface area (Å²) in [4.78, 5) is 2.01. The van der Waals surface area contributed by atoms with Gasteiger partial charge in [0.25, 0.3) is 0 Å². The van der Waals surface area contributed by atoms with Crippen molar-refractivity contribution in [2.75, 3.05) is 20.6 Å². The highest BCUT2D eigenvalue weighted by Gasteiger charge is 2.31. The molecule has 6 heteroatoms. The second kappa shape index (κ2) is 7.79. The van der Waals surface area contributed by atoms with Gasteiger partial charge in [-0.1, -0.05) is 23.7 Å². The monoisotopic (exact) mass is 334 g/mol. The molecule has 0 aliphatic rings. The fraction of sp³-hybridized carbons (Fsp3) is 0.600. The highest BCUT2D eigenvalue weighted by atomic mass is 35.5. The zero-order chi connectivity index (χ0) is 16.2. The Kier molecular flexibility index (Phi) is 6.94. The van der Waals surface area contributed by atoms with Gasteiger partial charge < -0.3 is 9.45 Å². The molecule has 120 valence electrons. The number of hydrogen-bond acceptors (Lipinski definition) is 3. The summed E-state index contributed by atoms with van der Waals surface area (Å²) >= 11 is 4.58. The molecule has 0 amide bonds. The molecule has 21 heavy (non-hydrogen) atoms. The van der Waals surface area contributed by atoms with Crippen molar-refractivity contribution in [2.45, 2.75) is 38.0 Å². The summed E-state index contributed by atoms with van der Waals surface area (Å²) in [5, 5.41) is 0.0886. The van der Waals surface area contributed by atoms with Crippen LogP contribution in [0.15, 0.2) is 18.2 Å². The predicted octanol–water partition coefficient (Wildman–Crippen LogP) is 3.52. The van der Waals surface area contributed by atoms with Crippen molar-refractivity contribution in [3.8, 4) is 0 Å². The summed E-state index contributed by atoms with van der Waals surface area (Å²) in [5.41, 5.74) is 0.460. The van der Waals surface area contributed by atoms with E-state index in [1.54, 1.807) is 12.1 Å². The molecule has 0 heterocycles. The molecule has 2 atom stereocenters. The minimum absolute atomic E-state index is 0.0886. The molecular formula is C15H24ClFN2OS. The Labute approximate surface area is 135 Å². The molecular weight excluding hydrogens is 311 g/mol. The van der Waals surface area contributed by atoms with E-state index < -0.39 is 21.9 Å². The Morgan fingerprint density at radius 3 is 2.52 bits per heavy atom. The number of nitrogens with one attached hydrogen (secondary N) is 1. The summed E-state index contributed by atoms with van der Waals surface area (Å²) < 4.78 is 29.2. The fourth-order valence-corrected chi connectivity index (χ4v) is 2.80. The molecule has 1 rings (SSSR count). The van der Waals surface area contributed by atoms with Crippen LogP contribution in [0.2, 0.25) is 5.02 Å². The van der Waals surface area contributed by atoms with Gasteiger partial charge in [0.05, 0.1) is 11.1 Å². The third kappa shape index (κ3) is 5.75. The molecule has 1 N–H and O–H groups in total. The maximum absolute atomic E-state index is 14.2. The lowest BCUT2D eigenvalue weighted by atomic mass is 10.0. The van der Waals surface area contributed by atoms with Crippen molar-refractivity contribution in [2.24, 2.45) is 0 Å². The molecule has 0 saturated heterocycles. The van der Waals surface area contributed by atoms with Crippen LogP contribution >= 0.6 is 11.6 Å². The average Bonchev–Trinajstić information content (AvgIpc) is 2.36. The van der Waals surface area contributed by atoms with Crippen molar-refractivity contribution < 1.29 is 8.94 Å². The molecule has 0 aromatic heterocycles. The lowest BCUT2D eigenvalue weighted by Gasteiger charge is -2.29. The molecule has 0 fully saturated rings. The largest absolute Gasteiger partial charge is 0.598 e. The van der Waals surface area contributed by atoms with E-state index in [0.717, 1.165) is 6.54 Å². The minimum atomic E-state index is -1.28. The summed E-state index contributed by atoms with van der Waals surface area (Å²) in [6.45, 7) is 6.40. The lowest BCUT2D eigenvalue weighted by molar-refractivity contribution is 0.370. The van der Waals surface area contributed by atoms with Crippen LogP contribution in [-0.4, -0.2) is 34.8 Å². The van der Waals surface area contributed by atoms with Crippen molar-refractivity contribution in [1.82, 2.24) is 9.62 Å². The van der Waals surface area contributed by atoms with Gasteiger partial charge in [-0.2, -0.15) is 0 Å². The SMILES string of the molecule is CN(C)CC[C@@H](N[S+]([O-])C(C)(C)C)c1cccc(Cl)c1F. The van der Waals surface area contributed by atoms with Crippen LogP contribution in [0, 0.1) is 5.82 Å². The fourth-order valence-electron chi connectivity index (χ4n) is 1.76. The van der Waals surface area contributed by atoms with Gasteiger partial charge in [0, 0.05) is 16.9 Å². The highest BCUT2D eigenvalue weighted by molar-refractivity contribution is 7.90. The molecule has 0 aliphatic carbocycles. The van der Waals surface area contributed by atoms with Gasteiger partial charge in [0.1, 0.15) is 10.6 Å². The first-order valence-corrected chi connectivity index (χ1v) is 8.42. The summed E-state index contributed by atoms with van der Waals surface area (Å²) in [6.07, 6.45) is 0.645. The first-order valence-electron chi connectivity index (χ1n) is 6.89. The number of nitrogens with zero attached hydrogens (tertiary/aromatic N) is 1. The molecule has 1 aromatic carbocycles. The van der Waals surface area contributed by atoms with Gasteiger partial charge in [0.2, 0.25) is 0 Å². The highest BCUT2D eigenvalue weighted by Crippen LogP contribution is 2.28. The topological polar surface area (TPSA) is 38.3 Å². The molecule has 0 saturated carbocycles. The van der Waals surface area contributed by atoms with Gasteiger partial charge in [-0.15, -0.1) is 4.72 Å². The Balaban J connectivity index is 2.99. The van der Waals surface area contributed by atoms with Crippen molar-refractivity contribution in [3.05, 3.63) is 34.6 Å². The third-order valence-corrected chi connectivity index (χ3v) is 4.93. The van der Waals surface area contributed by atoms with E-state index in [1.807, 2.05) is 39.8 Å². The second-order valence-electron chi connectivity index (χ2n) is 6.29. The molecule has 0 radical (unpaired) electrons. The van der Waals surface area contributed by atoms with Crippen LogP contribution in [0.3, 0.4) is 0 Å². The summed E-state index contributed by atoms with van der Waals surface area (Å²) in [7, 11) is 3.90. The second-order valence-corrected chi connectivity index (χ2v) is 8.69. The van der Waals surface area contributed by atoms with E-state index in [4.69, 9.17) is 11.6 Å². The van der Waals surface area contributed by atoms with E-state index in [0.29, 0.717) is 12.0 Å². The van der Waals surface area contributed by atoms with E-state index in [1.165, 1.54) is 6.07 Å². The maximum atomic E-state index is 14.2. The summed E-state index contributed by atoms with van der Waals surface area (Å²) in [6, 6.07) is 4.58. The molecule has 1 unspecified atom stereocenters. The third-order valence-electron chi connectivity index (χ3n) is 3.03. The van der Waals surface area contributed by atoms with E-state index in [-0.39, 0.29) is 11.1 Å². The molecule has 3 nitrogen and oxygen atoms in total. The Morgan fingerprint density at radius 1 is 1.38 bits per heavy atom. The Morgan fingerprint density at radius 2 is 2.00 bits per heavy atom. The van der Waals surface area contributed by atoms with Gasteiger partial charge in [-0.05, 0) is 53.9 Å².